The lowest BCUT2D eigenvalue weighted by molar-refractivity contribution is -0.150. The van der Waals surface area contributed by atoms with Gasteiger partial charge in [-0.3, -0.25) is 14.4 Å². The molecule has 0 aliphatic rings. The molecule has 0 bridgehead atoms. The van der Waals surface area contributed by atoms with Crippen LogP contribution >= 0.6 is 0 Å². The standard InChI is InChI=1S/C45H76N2O7/c1-3-5-7-9-11-13-15-17-19-21-23-26-30-34-40(54-44(51)37-33-29-24-22-20-18-16-14-12-10-8-6-4-2)35-31-27-25-28-32-36-42(49)46-38-43(50)47-41(39-48)45(52)53/h5,7,11,13-14,16-17,19,23,26,40-41,48H,3-4,6,8-10,12,15,18,20-22,24-25,27-39H2,1-2H3,(H,46,49)(H,47,50)(H,52,53)/b7-5-,13-11-,16-14-,19-17-,26-23-. The second-order valence-corrected chi connectivity index (χ2v) is 14.0. The summed E-state index contributed by atoms with van der Waals surface area (Å²) in [6.07, 6.45) is 46.7. The second kappa shape index (κ2) is 39.2. The number of carbonyl (C=O) groups excluding carboxylic acids is 3. The molecule has 2 unspecified atom stereocenters. The first-order chi connectivity index (χ1) is 26.3. The maximum atomic E-state index is 12.8. The molecule has 308 valence electrons. The lowest BCUT2D eigenvalue weighted by Gasteiger charge is -2.17. The fraction of sp³-hybridized carbons (Fsp3) is 0.689. The van der Waals surface area contributed by atoms with Crippen molar-refractivity contribution in [2.75, 3.05) is 13.2 Å². The highest BCUT2D eigenvalue weighted by molar-refractivity contribution is 5.87. The van der Waals surface area contributed by atoms with Crippen LogP contribution in [0.5, 0.6) is 0 Å². The molecule has 0 saturated heterocycles. The van der Waals surface area contributed by atoms with Crippen LogP contribution in [0.25, 0.3) is 0 Å². The van der Waals surface area contributed by atoms with Gasteiger partial charge >= 0.3 is 11.9 Å². The Morgan fingerprint density at radius 2 is 1.09 bits per heavy atom. The summed E-state index contributed by atoms with van der Waals surface area (Å²) in [5.41, 5.74) is 0. The van der Waals surface area contributed by atoms with Crippen LogP contribution in [0.4, 0.5) is 0 Å². The molecule has 9 heteroatoms. The van der Waals surface area contributed by atoms with Crippen molar-refractivity contribution in [2.45, 2.75) is 187 Å². The molecule has 0 saturated carbocycles. The van der Waals surface area contributed by atoms with E-state index in [1.807, 2.05) is 0 Å². The van der Waals surface area contributed by atoms with Crippen LogP contribution in [0.2, 0.25) is 0 Å². The number of aliphatic hydroxyl groups excluding tert-OH is 1. The highest BCUT2D eigenvalue weighted by atomic mass is 16.5. The van der Waals surface area contributed by atoms with Gasteiger partial charge in [0.1, 0.15) is 12.1 Å². The lowest BCUT2D eigenvalue weighted by atomic mass is 10.0. The van der Waals surface area contributed by atoms with Crippen molar-refractivity contribution in [1.82, 2.24) is 10.6 Å². The smallest absolute Gasteiger partial charge is 0.328 e. The summed E-state index contributed by atoms with van der Waals surface area (Å²) >= 11 is 0. The Morgan fingerprint density at radius 3 is 1.69 bits per heavy atom. The Labute approximate surface area is 328 Å². The topological polar surface area (TPSA) is 142 Å². The Kier molecular flexibility index (Phi) is 36.7. The molecular formula is C45H76N2O7. The number of ether oxygens (including phenoxy) is 1. The minimum atomic E-state index is -1.39. The molecule has 54 heavy (non-hydrogen) atoms. The number of allylic oxidation sites excluding steroid dienone is 10. The van der Waals surface area contributed by atoms with Gasteiger partial charge in [-0.05, 0) is 89.9 Å². The number of carboxylic acid groups (broad SMARTS) is 1. The number of carboxylic acids is 1. The number of carbonyl (C=O) groups is 4. The molecular weight excluding hydrogens is 681 g/mol. The van der Waals surface area contributed by atoms with E-state index >= 15 is 0 Å². The Bertz CT molecular complexity index is 1100. The molecule has 0 aliphatic heterocycles. The monoisotopic (exact) mass is 757 g/mol. The number of aliphatic hydroxyl groups is 1. The molecule has 0 aromatic rings. The Hall–Kier alpha value is -3.46. The van der Waals surface area contributed by atoms with Crippen molar-refractivity contribution in [3.8, 4) is 0 Å². The van der Waals surface area contributed by atoms with E-state index in [-0.39, 0.29) is 30.9 Å². The second-order valence-electron chi connectivity index (χ2n) is 14.0. The summed E-state index contributed by atoms with van der Waals surface area (Å²) in [5.74, 6) is -2.37. The van der Waals surface area contributed by atoms with Gasteiger partial charge in [-0.1, -0.05) is 132 Å². The summed E-state index contributed by atoms with van der Waals surface area (Å²) in [4.78, 5) is 47.5. The van der Waals surface area contributed by atoms with E-state index < -0.39 is 24.5 Å². The zero-order valence-electron chi connectivity index (χ0n) is 34.0. The fourth-order valence-corrected chi connectivity index (χ4v) is 5.76. The molecule has 9 nitrogen and oxygen atoms in total. The highest BCUT2D eigenvalue weighted by Gasteiger charge is 2.19. The van der Waals surface area contributed by atoms with Gasteiger partial charge in [-0.2, -0.15) is 0 Å². The number of amides is 2. The maximum Gasteiger partial charge on any atom is 0.328 e. The number of hydrogen-bond acceptors (Lipinski definition) is 6. The third-order valence-corrected chi connectivity index (χ3v) is 9.01. The van der Waals surface area contributed by atoms with Gasteiger partial charge in [-0.15, -0.1) is 0 Å². The van der Waals surface area contributed by atoms with Crippen LogP contribution in [0.3, 0.4) is 0 Å². The minimum absolute atomic E-state index is 0.0919. The zero-order chi connectivity index (χ0) is 39.7. The van der Waals surface area contributed by atoms with E-state index in [0.29, 0.717) is 12.8 Å². The normalized spacial score (nSPS) is 13.1. The Morgan fingerprint density at radius 1 is 0.574 bits per heavy atom. The van der Waals surface area contributed by atoms with Crippen LogP contribution in [-0.4, -0.2) is 59.3 Å². The van der Waals surface area contributed by atoms with Crippen LogP contribution in [0.1, 0.15) is 174 Å². The van der Waals surface area contributed by atoms with Crippen LogP contribution in [0.15, 0.2) is 60.8 Å². The van der Waals surface area contributed by atoms with Gasteiger partial charge in [0, 0.05) is 12.8 Å². The van der Waals surface area contributed by atoms with Gasteiger partial charge < -0.3 is 25.6 Å². The SMILES string of the molecule is CC/C=C\C/C=C\C/C=C\C/C=C\CCC(CCCCCCCC(=O)NCC(=O)NC(CO)C(=O)O)OC(=O)CCCCCCC/C=C\CCCCCC. The molecule has 0 rings (SSSR count). The van der Waals surface area contributed by atoms with E-state index in [9.17, 15) is 19.2 Å². The molecule has 0 aromatic carbocycles. The third-order valence-electron chi connectivity index (χ3n) is 9.01. The number of esters is 1. The molecule has 2 amide bonds. The van der Waals surface area contributed by atoms with Crippen LogP contribution < -0.4 is 10.6 Å². The fourth-order valence-electron chi connectivity index (χ4n) is 5.76. The van der Waals surface area contributed by atoms with Crippen molar-refractivity contribution in [3.63, 3.8) is 0 Å². The molecule has 0 aliphatic carbocycles. The van der Waals surface area contributed by atoms with E-state index in [4.69, 9.17) is 14.9 Å². The largest absolute Gasteiger partial charge is 0.480 e. The Balaban J connectivity index is 4.46. The van der Waals surface area contributed by atoms with Crippen molar-refractivity contribution in [2.24, 2.45) is 0 Å². The van der Waals surface area contributed by atoms with Gasteiger partial charge in [0.2, 0.25) is 11.8 Å². The molecule has 0 fully saturated rings. The zero-order valence-corrected chi connectivity index (χ0v) is 34.0. The van der Waals surface area contributed by atoms with Gasteiger partial charge in [0.15, 0.2) is 0 Å². The average Bonchev–Trinajstić information content (AvgIpc) is 3.15. The molecule has 0 radical (unpaired) electrons. The number of nitrogens with one attached hydrogen (secondary N) is 2. The molecule has 0 spiro atoms. The summed E-state index contributed by atoms with van der Waals surface area (Å²) in [6, 6.07) is -1.39. The average molecular weight is 757 g/mol. The van der Waals surface area contributed by atoms with Crippen molar-refractivity contribution < 1.29 is 34.1 Å². The third kappa shape index (κ3) is 35.6. The number of rotatable bonds is 37. The molecule has 0 aromatic heterocycles. The van der Waals surface area contributed by atoms with E-state index in [2.05, 4.69) is 85.2 Å². The molecule has 0 heterocycles. The van der Waals surface area contributed by atoms with Gasteiger partial charge in [0.25, 0.3) is 0 Å². The molecule has 4 N–H and O–H groups in total. The predicted molar refractivity (Wildman–Crippen MR) is 222 cm³/mol. The summed E-state index contributed by atoms with van der Waals surface area (Å²) in [6.45, 7) is 3.33. The predicted octanol–water partition coefficient (Wildman–Crippen LogP) is 10.1. The minimum Gasteiger partial charge on any atom is -0.480 e. The number of hydrogen-bond donors (Lipinski definition) is 4. The van der Waals surface area contributed by atoms with Crippen molar-refractivity contribution in [3.05, 3.63) is 60.8 Å². The number of unbranched alkanes of at least 4 members (excludes halogenated alkanes) is 13. The maximum absolute atomic E-state index is 12.8. The van der Waals surface area contributed by atoms with Gasteiger partial charge in [0.05, 0.1) is 13.2 Å². The van der Waals surface area contributed by atoms with E-state index in [1.165, 1.54) is 44.9 Å². The van der Waals surface area contributed by atoms with Crippen LogP contribution in [-0.2, 0) is 23.9 Å². The number of aliphatic carboxylic acids is 1. The molecule has 2 atom stereocenters. The summed E-state index contributed by atoms with van der Waals surface area (Å²) < 4.78 is 5.97. The highest BCUT2D eigenvalue weighted by Crippen LogP contribution is 2.17. The van der Waals surface area contributed by atoms with Crippen LogP contribution in [0, 0.1) is 0 Å². The van der Waals surface area contributed by atoms with Gasteiger partial charge in [-0.25, -0.2) is 4.79 Å². The van der Waals surface area contributed by atoms with E-state index in [0.717, 1.165) is 96.3 Å². The first-order valence-electron chi connectivity index (χ1n) is 21.2. The quantitative estimate of drug-likeness (QED) is 0.0281. The lowest BCUT2D eigenvalue weighted by Crippen LogP contribution is -2.47. The van der Waals surface area contributed by atoms with E-state index in [1.54, 1.807) is 0 Å². The van der Waals surface area contributed by atoms with Crippen molar-refractivity contribution in [1.29, 1.82) is 0 Å². The van der Waals surface area contributed by atoms with Crippen molar-refractivity contribution >= 4 is 23.8 Å². The first kappa shape index (κ1) is 50.5. The first-order valence-corrected chi connectivity index (χ1v) is 21.2. The summed E-state index contributed by atoms with van der Waals surface area (Å²) in [7, 11) is 0. The summed E-state index contributed by atoms with van der Waals surface area (Å²) in [5, 5.41) is 22.5.